The largest absolute Gasteiger partial charge is 0.413 e. The van der Waals surface area contributed by atoms with E-state index < -0.39 is 24.2 Å². The summed E-state index contributed by atoms with van der Waals surface area (Å²) in [6.07, 6.45) is -4.29. The van der Waals surface area contributed by atoms with E-state index >= 15 is 0 Å². The minimum Gasteiger partial charge on any atom is -0.378 e. The topological polar surface area (TPSA) is 38.3 Å². The predicted octanol–water partition coefficient (Wildman–Crippen LogP) is 1.40. The van der Waals surface area contributed by atoms with Gasteiger partial charge in [0.2, 0.25) is 5.91 Å². The highest BCUT2D eigenvalue weighted by Gasteiger charge is 2.53. The van der Waals surface area contributed by atoms with E-state index in [1.54, 1.807) is 0 Å². The van der Waals surface area contributed by atoms with Gasteiger partial charge in [-0.25, -0.2) is 0 Å². The van der Waals surface area contributed by atoms with Crippen molar-refractivity contribution in [2.45, 2.75) is 25.1 Å². The lowest BCUT2D eigenvalue weighted by Gasteiger charge is -2.34. The molecule has 0 aromatic carbocycles. The molecule has 1 fully saturated rings. The molecule has 0 aromatic heterocycles. The zero-order valence-electron chi connectivity index (χ0n) is 8.28. The summed E-state index contributed by atoms with van der Waals surface area (Å²) in [5.41, 5.74) is -2.24. The maximum absolute atomic E-state index is 12.6. The SMILES string of the molecule is C=C1CCOCC(C)(C(F)(F)F)NC1=O. The van der Waals surface area contributed by atoms with Crippen molar-refractivity contribution in [3.63, 3.8) is 0 Å². The highest BCUT2D eigenvalue weighted by molar-refractivity contribution is 5.93. The Hall–Kier alpha value is -1.04. The molecule has 1 rings (SSSR count). The Bertz CT molecular complexity index is 288. The standard InChI is InChI=1S/C9H12F3NO2/c1-6-3-4-15-5-8(2,9(10,11)12)13-7(6)14/h1,3-5H2,2H3,(H,13,14). The Kier molecular flexibility index (Phi) is 3.08. The van der Waals surface area contributed by atoms with E-state index in [1.165, 1.54) is 0 Å². The van der Waals surface area contributed by atoms with Crippen LogP contribution in [0.5, 0.6) is 0 Å². The van der Waals surface area contributed by atoms with Crippen molar-refractivity contribution in [3.05, 3.63) is 12.2 Å². The normalized spacial score (nSPS) is 29.3. The number of rotatable bonds is 0. The number of carbonyl (C=O) groups excluding carboxylic acids is 1. The fourth-order valence-electron chi connectivity index (χ4n) is 1.11. The third kappa shape index (κ3) is 2.50. The zero-order chi connectivity index (χ0) is 11.7. The van der Waals surface area contributed by atoms with Gasteiger partial charge in [-0.2, -0.15) is 13.2 Å². The van der Waals surface area contributed by atoms with Crippen LogP contribution in [0, 0.1) is 0 Å². The third-order valence-corrected chi connectivity index (χ3v) is 2.28. The molecule has 1 unspecified atom stereocenters. The van der Waals surface area contributed by atoms with Gasteiger partial charge in [-0.05, 0) is 6.92 Å². The van der Waals surface area contributed by atoms with Gasteiger partial charge in [0, 0.05) is 12.0 Å². The van der Waals surface area contributed by atoms with E-state index in [2.05, 4.69) is 6.58 Å². The van der Waals surface area contributed by atoms with Gasteiger partial charge >= 0.3 is 6.18 Å². The molecule has 1 atom stereocenters. The summed E-state index contributed by atoms with van der Waals surface area (Å²) >= 11 is 0. The first-order valence-corrected chi connectivity index (χ1v) is 4.41. The first-order chi connectivity index (χ1) is 6.76. The number of ether oxygens (including phenoxy) is 1. The van der Waals surface area contributed by atoms with Crippen LogP contribution in [-0.2, 0) is 9.53 Å². The molecule has 1 heterocycles. The van der Waals surface area contributed by atoms with Crippen LogP contribution in [0.4, 0.5) is 13.2 Å². The first-order valence-electron chi connectivity index (χ1n) is 4.41. The molecule has 0 saturated carbocycles. The van der Waals surface area contributed by atoms with E-state index in [0.29, 0.717) is 0 Å². The summed E-state index contributed by atoms with van der Waals surface area (Å²) in [5, 5.41) is 1.90. The highest BCUT2D eigenvalue weighted by Crippen LogP contribution is 2.31. The fraction of sp³-hybridized carbons (Fsp3) is 0.667. The molecule has 15 heavy (non-hydrogen) atoms. The molecule has 0 radical (unpaired) electrons. The van der Waals surface area contributed by atoms with Gasteiger partial charge in [-0.3, -0.25) is 4.79 Å². The van der Waals surface area contributed by atoms with Crippen molar-refractivity contribution in [1.29, 1.82) is 0 Å². The summed E-state index contributed by atoms with van der Waals surface area (Å²) in [6.45, 7) is 3.78. The molecule has 0 bridgehead atoms. The van der Waals surface area contributed by atoms with E-state index in [-0.39, 0.29) is 18.6 Å². The Morgan fingerprint density at radius 2 is 2.13 bits per heavy atom. The average Bonchev–Trinajstić information content (AvgIpc) is 2.08. The number of amides is 1. The number of alkyl halides is 3. The zero-order valence-corrected chi connectivity index (χ0v) is 8.28. The minimum atomic E-state index is -4.54. The number of carbonyl (C=O) groups is 1. The molecule has 1 aliphatic heterocycles. The molecule has 1 amide bonds. The summed E-state index contributed by atoms with van der Waals surface area (Å²) in [7, 11) is 0. The Labute approximate surface area is 85.3 Å². The van der Waals surface area contributed by atoms with Gasteiger partial charge in [-0.1, -0.05) is 6.58 Å². The van der Waals surface area contributed by atoms with Crippen LogP contribution in [0.15, 0.2) is 12.2 Å². The number of nitrogens with one attached hydrogen (secondary N) is 1. The van der Waals surface area contributed by atoms with Crippen molar-refractivity contribution in [1.82, 2.24) is 5.32 Å². The van der Waals surface area contributed by atoms with Crippen LogP contribution < -0.4 is 5.32 Å². The second-order valence-corrected chi connectivity index (χ2v) is 3.69. The van der Waals surface area contributed by atoms with Crippen molar-refractivity contribution < 1.29 is 22.7 Å². The van der Waals surface area contributed by atoms with Gasteiger partial charge in [0.25, 0.3) is 0 Å². The van der Waals surface area contributed by atoms with Crippen molar-refractivity contribution in [2.75, 3.05) is 13.2 Å². The number of hydrogen-bond donors (Lipinski definition) is 1. The molecule has 0 spiro atoms. The summed E-state index contributed by atoms with van der Waals surface area (Å²) in [5.74, 6) is -0.766. The van der Waals surface area contributed by atoms with Crippen LogP contribution in [0.1, 0.15) is 13.3 Å². The van der Waals surface area contributed by atoms with Gasteiger partial charge < -0.3 is 10.1 Å². The maximum Gasteiger partial charge on any atom is 0.413 e. The maximum atomic E-state index is 12.6. The number of halogens is 3. The molecule has 3 nitrogen and oxygen atoms in total. The monoisotopic (exact) mass is 223 g/mol. The van der Waals surface area contributed by atoms with E-state index in [0.717, 1.165) is 6.92 Å². The molecule has 0 aliphatic carbocycles. The second-order valence-electron chi connectivity index (χ2n) is 3.69. The lowest BCUT2D eigenvalue weighted by Crippen LogP contribution is -2.60. The molecule has 1 N–H and O–H groups in total. The Balaban J connectivity index is 2.89. The van der Waals surface area contributed by atoms with E-state index in [1.807, 2.05) is 5.32 Å². The molecular weight excluding hydrogens is 211 g/mol. The van der Waals surface area contributed by atoms with Gasteiger partial charge in [0.05, 0.1) is 13.2 Å². The minimum absolute atomic E-state index is 0.0813. The van der Waals surface area contributed by atoms with Crippen LogP contribution in [0.2, 0.25) is 0 Å². The second kappa shape index (κ2) is 3.84. The summed E-state index contributed by atoms with van der Waals surface area (Å²) in [4.78, 5) is 11.3. The quantitative estimate of drug-likeness (QED) is 0.630. The smallest absolute Gasteiger partial charge is 0.378 e. The molecule has 6 heteroatoms. The van der Waals surface area contributed by atoms with E-state index in [9.17, 15) is 18.0 Å². The molecule has 0 aromatic rings. The van der Waals surface area contributed by atoms with Crippen molar-refractivity contribution >= 4 is 5.91 Å². The van der Waals surface area contributed by atoms with Crippen LogP contribution in [0.3, 0.4) is 0 Å². The Morgan fingerprint density at radius 1 is 1.53 bits per heavy atom. The first kappa shape index (κ1) is 12.0. The molecule has 1 aliphatic rings. The van der Waals surface area contributed by atoms with Crippen LogP contribution in [0.25, 0.3) is 0 Å². The van der Waals surface area contributed by atoms with Crippen molar-refractivity contribution in [3.8, 4) is 0 Å². The third-order valence-electron chi connectivity index (χ3n) is 2.28. The Morgan fingerprint density at radius 3 is 2.67 bits per heavy atom. The van der Waals surface area contributed by atoms with Crippen LogP contribution >= 0.6 is 0 Å². The number of hydrogen-bond acceptors (Lipinski definition) is 2. The fourth-order valence-corrected chi connectivity index (χ4v) is 1.11. The van der Waals surface area contributed by atoms with Crippen molar-refractivity contribution in [2.24, 2.45) is 0 Å². The summed E-state index contributed by atoms with van der Waals surface area (Å²) < 4.78 is 42.7. The molecular formula is C9H12F3NO2. The molecule has 1 saturated heterocycles. The predicted molar refractivity (Wildman–Crippen MR) is 47.2 cm³/mol. The van der Waals surface area contributed by atoms with Crippen LogP contribution in [-0.4, -0.2) is 30.8 Å². The molecule has 86 valence electrons. The van der Waals surface area contributed by atoms with E-state index in [4.69, 9.17) is 4.74 Å². The lowest BCUT2D eigenvalue weighted by molar-refractivity contribution is -0.207. The highest BCUT2D eigenvalue weighted by atomic mass is 19.4. The summed E-state index contributed by atoms with van der Waals surface area (Å²) in [6, 6.07) is 0. The van der Waals surface area contributed by atoms with Gasteiger partial charge in [-0.15, -0.1) is 0 Å². The average molecular weight is 223 g/mol. The van der Waals surface area contributed by atoms with Gasteiger partial charge in [0.15, 0.2) is 5.54 Å². The lowest BCUT2D eigenvalue weighted by atomic mass is 10.0. The van der Waals surface area contributed by atoms with Gasteiger partial charge in [0.1, 0.15) is 0 Å².